The lowest BCUT2D eigenvalue weighted by molar-refractivity contribution is 0.0845. The van der Waals surface area contributed by atoms with Gasteiger partial charge in [0.25, 0.3) is 11.8 Å². The molecule has 8 heteroatoms. The molecule has 3 rings (SSSR count). The van der Waals surface area contributed by atoms with Gasteiger partial charge < -0.3 is 9.67 Å². The monoisotopic (exact) mass is 372 g/mol. The Morgan fingerprint density at radius 2 is 1.88 bits per heavy atom. The van der Waals surface area contributed by atoms with Crippen molar-refractivity contribution in [1.82, 2.24) is 20.4 Å². The van der Waals surface area contributed by atoms with Crippen LogP contribution in [-0.4, -0.2) is 26.5 Å². The Morgan fingerprint density at radius 1 is 1.15 bits per heavy atom. The molecule has 3 N–H and O–H groups in total. The van der Waals surface area contributed by atoms with E-state index < -0.39 is 11.8 Å². The van der Waals surface area contributed by atoms with Crippen molar-refractivity contribution in [2.45, 2.75) is 20.4 Å². The van der Waals surface area contributed by atoms with Crippen molar-refractivity contribution < 1.29 is 14.7 Å². The first-order valence-electron chi connectivity index (χ1n) is 7.96. The van der Waals surface area contributed by atoms with E-state index in [9.17, 15) is 14.7 Å². The Hall–Kier alpha value is -3.06. The molecule has 3 aromatic rings. The number of benzene rings is 2. The molecule has 0 aliphatic carbocycles. The predicted molar refractivity (Wildman–Crippen MR) is 98.2 cm³/mol. The molecule has 1 heterocycles. The third kappa shape index (κ3) is 3.34. The molecule has 0 bridgehead atoms. The molecule has 0 saturated carbocycles. The molecule has 7 nitrogen and oxygen atoms in total. The molecule has 0 atom stereocenters. The fourth-order valence-corrected chi connectivity index (χ4v) is 2.91. The predicted octanol–water partition coefficient (Wildman–Crippen LogP) is 2.80. The van der Waals surface area contributed by atoms with Crippen molar-refractivity contribution >= 4 is 34.4 Å². The highest BCUT2D eigenvalue weighted by atomic mass is 35.5. The van der Waals surface area contributed by atoms with Crippen molar-refractivity contribution in [3.05, 3.63) is 58.4 Å². The highest BCUT2D eigenvalue weighted by Gasteiger charge is 2.14. The van der Waals surface area contributed by atoms with Crippen LogP contribution < -0.4 is 10.9 Å². The smallest absolute Gasteiger partial charge is 0.273 e. The van der Waals surface area contributed by atoms with Crippen LogP contribution in [-0.2, 0) is 6.54 Å². The van der Waals surface area contributed by atoms with Gasteiger partial charge in [0.15, 0.2) is 0 Å². The summed E-state index contributed by atoms with van der Waals surface area (Å²) < 4.78 is 2.04. The van der Waals surface area contributed by atoms with Crippen molar-refractivity contribution in [2.75, 3.05) is 0 Å². The van der Waals surface area contributed by atoms with E-state index in [1.165, 1.54) is 18.2 Å². The maximum Gasteiger partial charge on any atom is 0.273 e. The lowest BCUT2D eigenvalue weighted by Gasteiger charge is -2.09. The van der Waals surface area contributed by atoms with Gasteiger partial charge in [0, 0.05) is 17.1 Å². The molecule has 0 aliphatic rings. The number of hydrazine groups is 1. The van der Waals surface area contributed by atoms with Gasteiger partial charge in [-0.25, -0.2) is 4.98 Å². The van der Waals surface area contributed by atoms with Crippen LogP contribution in [0.25, 0.3) is 11.0 Å². The van der Waals surface area contributed by atoms with Crippen LogP contribution in [0, 0.1) is 6.92 Å². The third-order valence-electron chi connectivity index (χ3n) is 4.01. The number of hydrogen-bond acceptors (Lipinski definition) is 4. The summed E-state index contributed by atoms with van der Waals surface area (Å²) in [6.07, 6.45) is 0. The number of amides is 2. The van der Waals surface area contributed by atoms with Crippen LogP contribution in [0.4, 0.5) is 0 Å². The first kappa shape index (κ1) is 17.8. The van der Waals surface area contributed by atoms with E-state index in [0.717, 1.165) is 17.9 Å². The number of carbonyl (C=O) groups is 2. The molecule has 0 fully saturated rings. The summed E-state index contributed by atoms with van der Waals surface area (Å²) >= 11 is 5.81. The number of phenols is 1. The molecule has 26 heavy (non-hydrogen) atoms. The molecule has 0 radical (unpaired) electrons. The summed E-state index contributed by atoms with van der Waals surface area (Å²) in [5.41, 5.74) is 6.54. The molecule has 134 valence electrons. The van der Waals surface area contributed by atoms with Crippen LogP contribution in [0.2, 0.25) is 5.02 Å². The van der Waals surface area contributed by atoms with Crippen LogP contribution in [0.15, 0.2) is 36.4 Å². The Morgan fingerprint density at radius 3 is 2.62 bits per heavy atom. The van der Waals surface area contributed by atoms with Crippen molar-refractivity contribution in [1.29, 1.82) is 0 Å². The Bertz CT molecular complexity index is 1010. The number of fused-ring (bicyclic) bond motifs is 1. The van der Waals surface area contributed by atoms with Gasteiger partial charge >= 0.3 is 0 Å². The topological polar surface area (TPSA) is 96.3 Å². The molecule has 0 aliphatic heterocycles. The highest BCUT2D eigenvalue weighted by molar-refractivity contribution is 6.31. The fraction of sp³-hybridized carbons (Fsp3) is 0.167. The summed E-state index contributed by atoms with van der Waals surface area (Å²) in [6.45, 7) is 4.71. The summed E-state index contributed by atoms with van der Waals surface area (Å²) in [7, 11) is 0. The van der Waals surface area contributed by atoms with Gasteiger partial charge in [-0.3, -0.25) is 20.4 Å². The molecule has 2 amide bonds. The number of nitrogens with one attached hydrogen (secondary N) is 2. The zero-order valence-electron chi connectivity index (χ0n) is 14.2. The summed E-state index contributed by atoms with van der Waals surface area (Å²) in [5, 5.41) is 10.0. The Kier molecular flexibility index (Phi) is 4.81. The van der Waals surface area contributed by atoms with E-state index in [4.69, 9.17) is 11.6 Å². The number of nitrogens with zero attached hydrogens (tertiary/aromatic N) is 2. The van der Waals surface area contributed by atoms with E-state index in [1.54, 1.807) is 12.1 Å². The normalized spacial score (nSPS) is 10.7. The number of carbonyl (C=O) groups excluding carboxylic acids is 2. The average molecular weight is 373 g/mol. The number of aromatic nitrogens is 2. The summed E-state index contributed by atoms with van der Waals surface area (Å²) in [5.74, 6) is -0.538. The van der Waals surface area contributed by atoms with E-state index in [1.807, 2.05) is 24.5 Å². The number of aromatic hydroxyl groups is 1. The zero-order valence-corrected chi connectivity index (χ0v) is 15.0. The number of aryl methyl sites for hydroxylation is 2. The van der Waals surface area contributed by atoms with Gasteiger partial charge in [-0.2, -0.15) is 0 Å². The van der Waals surface area contributed by atoms with Gasteiger partial charge in [-0.05, 0) is 50.2 Å². The average Bonchev–Trinajstić information content (AvgIpc) is 2.95. The number of imidazole rings is 1. The number of phenolic OH excluding ortho intramolecular Hbond substituents is 1. The lowest BCUT2D eigenvalue weighted by atomic mass is 10.2. The van der Waals surface area contributed by atoms with Gasteiger partial charge in [-0.1, -0.05) is 11.6 Å². The highest BCUT2D eigenvalue weighted by Crippen LogP contribution is 2.21. The van der Waals surface area contributed by atoms with E-state index in [0.29, 0.717) is 16.1 Å². The second kappa shape index (κ2) is 7.05. The minimum atomic E-state index is -0.675. The number of hydrogen-bond donors (Lipinski definition) is 3. The van der Waals surface area contributed by atoms with E-state index >= 15 is 0 Å². The zero-order chi connectivity index (χ0) is 18.8. The number of rotatable bonds is 3. The maximum atomic E-state index is 12.3. The molecular weight excluding hydrogens is 356 g/mol. The molecule has 0 spiro atoms. The van der Waals surface area contributed by atoms with Crippen LogP contribution >= 0.6 is 11.6 Å². The first-order valence-corrected chi connectivity index (χ1v) is 8.34. The minimum absolute atomic E-state index is 0.0365. The summed E-state index contributed by atoms with van der Waals surface area (Å²) in [4.78, 5) is 28.8. The fourth-order valence-electron chi connectivity index (χ4n) is 2.73. The quantitative estimate of drug-likeness (QED) is 0.616. The molecular formula is C18H17ClN4O3. The first-order chi connectivity index (χ1) is 12.4. The maximum absolute atomic E-state index is 12.3. The minimum Gasteiger partial charge on any atom is -0.507 e. The van der Waals surface area contributed by atoms with Gasteiger partial charge in [-0.15, -0.1) is 0 Å². The van der Waals surface area contributed by atoms with Crippen molar-refractivity contribution in [3.63, 3.8) is 0 Å². The molecule has 0 saturated heterocycles. The van der Waals surface area contributed by atoms with Gasteiger partial charge in [0.1, 0.15) is 11.6 Å². The van der Waals surface area contributed by atoms with Gasteiger partial charge in [0.2, 0.25) is 0 Å². The van der Waals surface area contributed by atoms with Crippen molar-refractivity contribution in [2.24, 2.45) is 0 Å². The molecule has 0 unspecified atom stereocenters. The number of halogens is 1. The molecule has 2 aromatic carbocycles. The molecule has 1 aromatic heterocycles. The second-order valence-electron chi connectivity index (χ2n) is 5.68. The van der Waals surface area contributed by atoms with Crippen LogP contribution in [0.3, 0.4) is 0 Å². The van der Waals surface area contributed by atoms with E-state index in [2.05, 4.69) is 15.8 Å². The largest absolute Gasteiger partial charge is 0.507 e. The Balaban J connectivity index is 1.75. The Labute approximate surface area is 154 Å². The van der Waals surface area contributed by atoms with Crippen molar-refractivity contribution in [3.8, 4) is 5.75 Å². The summed E-state index contributed by atoms with van der Waals surface area (Å²) in [6, 6.07) is 9.21. The lowest BCUT2D eigenvalue weighted by Crippen LogP contribution is -2.41. The second-order valence-corrected chi connectivity index (χ2v) is 6.11. The standard InChI is InChI=1S/C18H17ClN4O3/c1-3-23-10(2)20-14-8-11(4-6-15(14)23)17(25)21-22-18(26)13-9-12(19)5-7-16(13)24/h4-9,24H,3H2,1-2H3,(H,21,25)(H,22,26). The van der Waals surface area contributed by atoms with E-state index in [-0.39, 0.29) is 11.3 Å². The SMILES string of the molecule is CCn1c(C)nc2cc(C(=O)NNC(=O)c3cc(Cl)ccc3O)ccc21. The van der Waals surface area contributed by atoms with Gasteiger partial charge in [0.05, 0.1) is 16.6 Å². The van der Waals surface area contributed by atoms with Crippen LogP contribution in [0.5, 0.6) is 5.75 Å². The van der Waals surface area contributed by atoms with Crippen LogP contribution in [0.1, 0.15) is 33.5 Å². The third-order valence-corrected chi connectivity index (χ3v) is 4.25.